The van der Waals surface area contributed by atoms with Crippen LogP contribution in [0, 0.1) is 5.92 Å². The fourth-order valence-corrected chi connectivity index (χ4v) is 3.77. The third kappa shape index (κ3) is 2.61. The first-order valence-corrected chi connectivity index (χ1v) is 7.67. The number of methoxy groups -OCH3 is 1. The molecular formula is C17H21NO4. The molecule has 0 saturated carbocycles. The van der Waals surface area contributed by atoms with Crippen LogP contribution in [0.3, 0.4) is 0 Å². The molecule has 0 spiro atoms. The van der Waals surface area contributed by atoms with Crippen LogP contribution in [0.25, 0.3) is 0 Å². The number of hydrogen-bond donors (Lipinski definition) is 0. The maximum atomic E-state index is 12.3. The summed E-state index contributed by atoms with van der Waals surface area (Å²) in [5.74, 6) is -1.06. The van der Waals surface area contributed by atoms with Crippen LogP contribution < -0.4 is 0 Å². The first kappa shape index (κ1) is 15.0. The molecule has 2 fully saturated rings. The number of fused-ring (bicyclic) bond motifs is 2. The summed E-state index contributed by atoms with van der Waals surface area (Å²) in [5.41, 5.74) is 0.511. The van der Waals surface area contributed by atoms with Crippen LogP contribution in [0.1, 0.15) is 29.6 Å². The van der Waals surface area contributed by atoms with Crippen LogP contribution in [0.4, 0.5) is 0 Å². The van der Waals surface area contributed by atoms with Crippen molar-refractivity contribution in [2.24, 2.45) is 5.92 Å². The van der Waals surface area contributed by atoms with Crippen molar-refractivity contribution in [1.82, 2.24) is 4.90 Å². The molecule has 0 N–H and O–H groups in total. The van der Waals surface area contributed by atoms with Crippen molar-refractivity contribution in [1.29, 1.82) is 0 Å². The minimum atomic E-state index is -0.408. The van der Waals surface area contributed by atoms with Crippen molar-refractivity contribution in [2.75, 3.05) is 14.2 Å². The highest BCUT2D eigenvalue weighted by Crippen LogP contribution is 2.40. The van der Waals surface area contributed by atoms with Gasteiger partial charge in [0.05, 0.1) is 12.7 Å². The number of hydrogen-bond acceptors (Lipinski definition) is 5. The third-order valence-corrected chi connectivity index (χ3v) is 4.96. The van der Waals surface area contributed by atoms with Crippen molar-refractivity contribution >= 4 is 11.9 Å². The topological polar surface area (TPSA) is 55.8 Å². The Bertz CT molecular complexity index is 559. The zero-order valence-electron chi connectivity index (χ0n) is 12.9. The lowest BCUT2D eigenvalue weighted by molar-refractivity contribution is -0.156. The number of nitrogens with zero attached hydrogens (tertiary/aromatic N) is 1. The van der Waals surface area contributed by atoms with Gasteiger partial charge in [-0.05, 0) is 32.0 Å². The van der Waals surface area contributed by atoms with Gasteiger partial charge in [-0.3, -0.25) is 9.69 Å². The normalized spacial score (nSPS) is 30.8. The Kier molecular flexibility index (Phi) is 4.16. The molecule has 4 atom stereocenters. The minimum Gasteiger partial charge on any atom is -0.469 e. The van der Waals surface area contributed by atoms with E-state index in [2.05, 4.69) is 4.90 Å². The van der Waals surface area contributed by atoms with Crippen LogP contribution in [0.5, 0.6) is 0 Å². The zero-order chi connectivity index (χ0) is 15.7. The summed E-state index contributed by atoms with van der Waals surface area (Å²) in [6.45, 7) is 0. The van der Waals surface area contributed by atoms with E-state index in [1.807, 2.05) is 13.1 Å². The molecule has 0 amide bonds. The van der Waals surface area contributed by atoms with E-state index in [1.165, 1.54) is 7.11 Å². The van der Waals surface area contributed by atoms with E-state index in [0.29, 0.717) is 18.0 Å². The van der Waals surface area contributed by atoms with E-state index in [9.17, 15) is 9.59 Å². The number of ether oxygens (including phenoxy) is 2. The zero-order valence-corrected chi connectivity index (χ0v) is 12.9. The van der Waals surface area contributed by atoms with Crippen LogP contribution in [-0.4, -0.2) is 49.2 Å². The molecule has 3 unspecified atom stereocenters. The van der Waals surface area contributed by atoms with Gasteiger partial charge in [-0.15, -0.1) is 0 Å². The Morgan fingerprint density at radius 1 is 1.18 bits per heavy atom. The fourth-order valence-electron chi connectivity index (χ4n) is 3.77. The van der Waals surface area contributed by atoms with Gasteiger partial charge in [0.25, 0.3) is 0 Å². The Hall–Kier alpha value is -1.88. The summed E-state index contributed by atoms with van der Waals surface area (Å²) < 4.78 is 10.6. The predicted molar refractivity (Wildman–Crippen MR) is 80.3 cm³/mol. The largest absolute Gasteiger partial charge is 0.469 e. The van der Waals surface area contributed by atoms with Crippen molar-refractivity contribution in [2.45, 2.75) is 37.5 Å². The second-order valence-electron chi connectivity index (χ2n) is 6.06. The van der Waals surface area contributed by atoms with Gasteiger partial charge in [-0.25, -0.2) is 4.79 Å². The van der Waals surface area contributed by atoms with E-state index in [-0.39, 0.29) is 18.0 Å². The Labute approximate surface area is 130 Å². The summed E-state index contributed by atoms with van der Waals surface area (Å²) in [7, 11) is 3.42. The predicted octanol–water partition coefficient (Wildman–Crippen LogP) is 1.87. The van der Waals surface area contributed by atoms with Crippen molar-refractivity contribution in [3.63, 3.8) is 0 Å². The molecule has 0 aliphatic carbocycles. The van der Waals surface area contributed by atoms with Crippen molar-refractivity contribution < 1.29 is 19.1 Å². The highest BCUT2D eigenvalue weighted by atomic mass is 16.6. The van der Waals surface area contributed by atoms with Crippen LogP contribution in [-0.2, 0) is 14.3 Å². The number of carbonyl (C=O) groups excluding carboxylic acids is 2. The quantitative estimate of drug-likeness (QED) is 0.798. The van der Waals surface area contributed by atoms with Gasteiger partial charge in [0, 0.05) is 18.5 Å². The molecule has 22 heavy (non-hydrogen) atoms. The maximum Gasteiger partial charge on any atom is 0.338 e. The van der Waals surface area contributed by atoms with Gasteiger partial charge in [-0.2, -0.15) is 0 Å². The molecular weight excluding hydrogens is 282 g/mol. The molecule has 1 aromatic rings. The molecule has 5 heteroatoms. The summed E-state index contributed by atoms with van der Waals surface area (Å²) in [6.07, 6.45) is 2.26. The molecule has 2 aliphatic rings. The van der Waals surface area contributed by atoms with Crippen LogP contribution >= 0.6 is 0 Å². The number of rotatable bonds is 3. The smallest absolute Gasteiger partial charge is 0.338 e. The molecule has 3 rings (SSSR count). The van der Waals surface area contributed by atoms with Gasteiger partial charge in [0.1, 0.15) is 12.0 Å². The standard InChI is InChI=1S/C17H21NO4/c1-18-12-8-9-13(18)15(17(20)21-2)14(10-12)22-16(19)11-6-4-3-5-7-11/h3-7,12-15H,8-10H2,1-2H3/t12-,13?,14?,15?/m1/s1. The molecule has 118 valence electrons. The summed E-state index contributed by atoms with van der Waals surface area (Å²) in [5, 5.41) is 0. The molecule has 1 aromatic carbocycles. The lowest BCUT2D eigenvalue weighted by Gasteiger charge is -2.40. The molecule has 0 aromatic heterocycles. The lowest BCUT2D eigenvalue weighted by Crippen LogP contribution is -2.53. The van der Waals surface area contributed by atoms with E-state index >= 15 is 0 Å². The fraction of sp³-hybridized carbons (Fsp3) is 0.529. The monoisotopic (exact) mass is 303 g/mol. The molecule has 2 aliphatic heterocycles. The molecule has 2 saturated heterocycles. The number of esters is 2. The summed E-state index contributed by atoms with van der Waals surface area (Å²) in [6, 6.07) is 9.36. The number of carbonyl (C=O) groups is 2. The average molecular weight is 303 g/mol. The first-order chi connectivity index (χ1) is 10.6. The lowest BCUT2D eigenvalue weighted by atomic mass is 9.87. The van der Waals surface area contributed by atoms with Gasteiger partial charge < -0.3 is 9.47 Å². The van der Waals surface area contributed by atoms with E-state index in [1.54, 1.807) is 24.3 Å². The Balaban J connectivity index is 1.79. The maximum absolute atomic E-state index is 12.3. The second kappa shape index (κ2) is 6.08. The van der Waals surface area contributed by atoms with Gasteiger partial charge in [0.15, 0.2) is 0 Å². The van der Waals surface area contributed by atoms with Gasteiger partial charge in [0.2, 0.25) is 0 Å². The van der Waals surface area contributed by atoms with Crippen LogP contribution in [0.15, 0.2) is 30.3 Å². The second-order valence-corrected chi connectivity index (χ2v) is 6.06. The summed E-state index contributed by atoms with van der Waals surface area (Å²) in [4.78, 5) is 26.7. The SMILES string of the molecule is COC(=O)C1C(OC(=O)c2ccccc2)C[C@H]2CCC1N2C. The average Bonchev–Trinajstić information content (AvgIpc) is 2.78. The van der Waals surface area contributed by atoms with E-state index in [4.69, 9.17) is 9.47 Å². The summed E-state index contributed by atoms with van der Waals surface area (Å²) >= 11 is 0. The molecule has 2 bridgehead atoms. The molecule has 0 radical (unpaired) electrons. The number of benzene rings is 1. The Morgan fingerprint density at radius 2 is 1.91 bits per heavy atom. The van der Waals surface area contributed by atoms with Crippen LogP contribution in [0.2, 0.25) is 0 Å². The minimum absolute atomic E-state index is 0.0970. The van der Waals surface area contributed by atoms with E-state index in [0.717, 1.165) is 12.8 Å². The Morgan fingerprint density at radius 3 is 2.59 bits per heavy atom. The van der Waals surface area contributed by atoms with Crippen molar-refractivity contribution in [3.05, 3.63) is 35.9 Å². The van der Waals surface area contributed by atoms with Gasteiger partial charge >= 0.3 is 11.9 Å². The molecule has 5 nitrogen and oxygen atoms in total. The molecule has 2 heterocycles. The highest BCUT2D eigenvalue weighted by molar-refractivity contribution is 5.89. The number of piperidine rings is 1. The van der Waals surface area contributed by atoms with Crippen molar-refractivity contribution in [3.8, 4) is 0 Å². The van der Waals surface area contributed by atoms with E-state index < -0.39 is 12.0 Å². The highest BCUT2D eigenvalue weighted by Gasteiger charge is 2.50. The van der Waals surface area contributed by atoms with Gasteiger partial charge in [-0.1, -0.05) is 18.2 Å². The third-order valence-electron chi connectivity index (χ3n) is 4.96. The first-order valence-electron chi connectivity index (χ1n) is 7.67.